The van der Waals surface area contributed by atoms with Gasteiger partial charge in [0.2, 0.25) is 5.91 Å². The second-order valence-electron chi connectivity index (χ2n) is 11.0. The second-order valence-corrected chi connectivity index (χ2v) is 11.4. The van der Waals surface area contributed by atoms with Gasteiger partial charge in [-0.05, 0) is 63.7 Å². The van der Waals surface area contributed by atoms with E-state index in [1.807, 2.05) is 0 Å². The zero-order chi connectivity index (χ0) is 32.1. The molecule has 3 aromatic rings. The van der Waals surface area contributed by atoms with Gasteiger partial charge >= 0.3 is 5.97 Å². The summed E-state index contributed by atoms with van der Waals surface area (Å²) < 4.78 is 19.0. The van der Waals surface area contributed by atoms with E-state index in [1.165, 1.54) is 24.5 Å². The molecule has 2 aliphatic heterocycles. The number of hydrogen-bond acceptors (Lipinski definition) is 9. The third-order valence-corrected chi connectivity index (χ3v) is 8.11. The van der Waals surface area contributed by atoms with Gasteiger partial charge in [0, 0.05) is 49.8 Å². The molecule has 12 nitrogen and oxygen atoms in total. The molecule has 2 aliphatic rings. The molecule has 0 saturated carbocycles. The first kappa shape index (κ1) is 32.1. The minimum atomic E-state index is -0.567. The van der Waals surface area contributed by atoms with Gasteiger partial charge in [-0.1, -0.05) is 11.6 Å². The van der Waals surface area contributed by atoms with E-state index in [9.17, 15) is 18.8 Å². The van der Waals surface area contributed by atoms with Crippen LogP contribution in [0, 0.1) is 12.7 Å². The van der Waals surface area contributed by atoms with Gasteiger partial charge in [-0.2, -0.15) is 0 Å². The summed E-state index contributed by atoms with van der Waals surface area (Å²) in [5.74, 6) is -1.23. The van der Waals surface area contributed by atoms with Crippen molar-refractivity contribution in [3.05, 3.63) is 63.4 Å². The lowest BCUT2D eigenvalue weighted by atomic mass is 10.0. The quantitative estimate of drug-likeness (QED) is 0.141. The number of rotatable bonds is 11. The molecule has 0 radical (unpaired) electrons. The molecular weight excluding hydrogens is 603 g/mol. The van der Waals surface area contributed by atoms with Crippen LogP contribution in [0.3, 0.4) is 0 Å². The first-order chi connectivity index (χ1) is 21.6. The number of ether oxygens (including phenoxy) is 1. The highest BCUT2D eigenvalue weighted by atomic mass is 35.5. The lowest BCUT2D eigenvalue weighted by Gasteiger charge is -2.32. The van der Waals surface area contributed by atoms with Gasteiger partial charge in [0.25, 0.3) is 5.91 Å². The number of carbonyl (C=O) groups is 3. The number of nitrogens with zero attached hydrogens (tertiary/aromatic N) is 4. The molecule has 0 bridgehead atoms. The summed E-state index contributed by atoms with van der Waals surface area (Å²) in [6.07, 6.45) is 3.62. The Morgan fingerprint density at radius 2 is 1.98 bits per heavy atom. The van der Waals surface area contributed by atoms with Gasteiger partial charge in [0.15, 0.2) is 0 Å². The van der Waals surface area contributed by atoms with E-state index in [4.69, 9.17) is 16.3 Å². The van der Waals surface area contributed by atoms with Crippen LogP contribution < -0.4 is 16.0 Å². The minimum absolute atomic E-state index is 0.0727. The molecule has 0 aliphatic carbocycles. The number of likely N-dealkylation sites (N-methyl/N-ethyl adjacent to an activating group) is 1. The maximum absolute atomic E-state index is 13.7. The van der Waals surface area contributed by atoms with Crippen molar-refractivity contribution in [2.75, 3.05) is 63.6 Å². The fourth-order valence-electron chi connectivity index (χ4n) is 5.37. The number of hydrogen-bond donors (Lipinski definition) is 4. The Bertz CT molecular complexity index is 1630. The molecule has 0 atom stereocenters. The summed E-state index contributed by atoms with van der Waals surface area (Å²) in [5.41, 5.74) is 2.68. The predicted molar refractivity (Wildman–Crippen MR) is 170 cm³/mol. The lowest BCUT2D eigenvalue weighted by Crippen LogP contribution is -2.45. The zero-order valence-corrected chi connectivity index (χ0v) is 26.2. The monoisotopic (exact) mass is 638 g/mol. The number of piperazine rings is 1. The Morgan fingerprint density at radius 3 is 2.71 bits per heavy atom. The average Bonchev–Trinajstić information content (AvgIpc) is 3.49. The number of amides is 2. The fourth-order valence-corrected chi connectivity index (χ4v) is 5.55. The molecule has 2 amide bonds. The number of H-pyrrole nitrogens is 1. The van der Waals surface area contributed by atoms with Gasteiger partial charge in [-0.25, -0.2) is 19.2 Å². The van der Waals surface area contributed by atoms with E-state index in [2.05, 4.69) is 47.7 Å². The predicted octanol–water partition coefficient (Wildman–Crippen LogP) is 3.61. The molecule has 0 unspecified atom stereocenters. The van der Waals surface area contributed by atoms with Crippen molar-refractivity contribution in [2.24, 2.45) is 0 Å². The Labute approximate surface area is 265 Å². The van der Waals surface area contributed by atoms with Crippen molar-refractivity contribution in [3.8, 4) is 0 Å². The third-order valence-electron chi connectivity index (χ3n) is 7.82. The standard InChI is InChI=1S/C31H36ClFN8O4/c1-4-45-31(44)26-18(2)23(38-24(26)16-25(42)34-8-5-9-41-12-10-40(3)11-13-41)15-20-27-28(35-17-36-29(27)39-30(20)43)37-19-6-7-22(33)21(32)14-19/h6-7,14-15,17,38H,4-5,8-13,16H2,1-3H3,(H,34,42)(H2,35,36,37,39,43)/b20-15-. The summed E-state index contributed by atoms with van der Waals surface area (Å²) in [5, 5.41) is 8.67. The van der Waals surface area contributed by atoms with Crippen LogP contribution in [0.5, 0.6) is 0 Å². The van der Waals surface area contributed by atoms with E-state index in [0.717, 1.165) is 39.1 Å². The molecule has 0 spiro atoms. The van der Waals surface area contributed by atoms with Crippen LogP contribution in [-0.2, 0) is 20.7 Å². The number of aromatic nitrogens is 3. The molecule has 1 saturated heterocycles. The van der Waals surface area contributed by atoms with Crippen LogP contribution in [0.15, 0.2) is 24.5 Å². The Balaban J connectivity index is 1.36. The molecule has 238 valence electrons. The SMILES string of the molecule is CCOC(=O)c1c(CC(=O)NCCCN2CCN(C)CC2)[nH]c(/C=C2\C(=O)Nc3ncnc(Nc4ccc(F)c(Cl)c4)c32)c1C. The van der Waals surface area contributed by atoms with Gasteiger partial charge in [0.05, 0.1) is 34.8 Å². The lowest BCUT2D eigenvalue weighted by molar-refractivity contribution is -0.120. The molecule has 4 N–H and O–H groups in total. The normalized spacial score (nSPS) is 16.0. The number of halogens is 2. The highest BCUT2D eigenvalue weighted by Gasteiger charge is 2.31. The maximum Gasteiger partial charge on any atom is 0.340 e. The first-order valence-electron chi connectivity index (χ1n) is 14.8. The Hall–Kier alpha value is -4.33. The maximum atomic E-state index is 13.7. The molecule has 45 heavy (non-hydrogen) atoms. The number of anilines is 3. The Kier molecular flexibility index (Phi) is 10.1. The number of benzene rings is 1. The van der Waals surface area contributed by atoms with Crippen LogP contribution >= 0.6 is 11.6 Å². The van der Waals surface area contributed by atoms with Gasteiger partial charge in [-0.3, -0.25) is 9.59 Å². The molecule has 1 aromatic carbocycles. The van der Waals surface area contributed by atoms with Crippen molar-refractivity contribution in [2.45, 2.75) is 26.7 Å². The highest BCUT2D eigenvalue weighted by Crippen LogP contribution is 2.38. The molecule has 5 rings (SSSR count). The minimum Gasteiger partial charge on any atom is -0.462 e. The number of fused-ring (bicyclic) bond motifs is 1. The van der Waals surface area contributed by atoms with E-state index < -0.39 is 17.7 Å². The van der Waals surface area contributed by atoms with Crippen molar-refractivity contribution >= 4 is 58.4 Å². The topological polar surface area (TPSA) is 145 Å². The number of nitrogens with one attached hydrogen (secondary N) is 4. The van der Waals surface area contributed by atoms with Crippen LogP contribution in [0.4, 0.5) is 21.7 Å². The van der Waals surface area contributed by atoms with Crippen molar-refractivity contribution < 1.29 is 23.5 Å². The fraction of sp³-hybridized carbons (Fsp3) is 0.387. The molecule has 14 heteroatoms. The van der Waals surface area contributed by atoms with Gasteiger partial charge in [-0.15, -0.1) is 0 Å². The summed E-state index contributed by atoms with van der Waals surface area (Å²) in [7, 11) is 2.11. The molecule has 1 fully saturated rings. The van der Waals surface area contributed by atoms with Gasteiger partial charge < -0.3 is 35.5 Å². The molecule has 2 aromatic heterocycles. The highest BCUT2D eigenvalue weighted by molar-refractivity contribution is 6.35. The summed E-state index contributed by atoms with van der Waals surface area (Å²) in [6.45, 7) is 9.11. The van der Waals surface area contributed by atoms with E-state index >= 15 is 0 Å². The smallest absolute Gasteiger partial charge is 0.340 e. The first-order valence-corrected chi connectivity index (χ1v) is 15.2. The number of carbonyl (C=O) groups excluding carboxylic acids is 3. The molecular formula is C31H36ClFN8O4. The largest absolute Gasteiger partial charge is 0.462 e. The molecule has 4 heterocycles. The number of esters is 1. The summed E-state index contributed by atoms with van der Waals surface area (Å²) >= 11 is 5.95. The summed E-state index contributed by atoms with van der Waals surface area (Å²) in [6, 6.07) is 4.12. The van der Waals surface area contributed by atoms with Crippen molar-refractivity contribution in [1.29, 1.82) is 0 Å². The second kappa shape index (κ2) is 14.2. The average molecular weight is 639 g/mol. The number of aromatic amines is 1. The van der Waals surface area contributed by atoms with E-state index in [0.29, 0.717) is 40.6 Å². The van der Waals surface area contributed by atoms with Crippen molar-refractivity contribution in [3.63, 3.8) is 0 Å². The third kappa shape index (κ3) is 7.49. The van der Waals surface area contributed by atoms with Crippen LogP contribution in [-0.4, -0.2) is 95.5 Å². The van der Waals surface area contributed by atoms with Gasteiger partial charge in [0.1, 0.15) is 23.8 Å². The van der Waals surface area contributed by atoms with Crippen LogP contribution in [0.25, 0.3) is 11.6 Å². The van der Waals surface area contributed by atoms with Crippen LogP contribution in [0.1, 0.15) is 46.2 Å². The Morgan fingerprint density at radius 1 is 1.20 bits per heavy atom. The van der Waals surface area contributed by atoms with E-state index in [1.54, 1.807) is 19.9 Å². The van der Waals surface area contributed by atoms with Crippen LogP contribution in [0.2, 0.25) is 5.02 Å². The van der Waals surface area contributed by atoms with Crippen molar-refractivity contribution in [1.82, 2.24) is 30.1 Å². The summed E-state index contributed by atoms with van der Waals surface area (Å²) in [4.78, 5) is 55.4. The zero-order valence-electron chi connectivity index (χ0n) is 25.4. The van der Waals surface area contributed by atoms with E-state index in [-0.39, 0.29) is 40.9 Å².